The van der Waals surface area contributed by atoms with Gasteiger partial charge >= 0.3 is 0 Å². The van der Waals surface area contributed by atoms with Gasteiger partial charge in [0.25, 0.3) is 0 Å². The van der Waals surface area contributed by atoms with Crippen LogP contribution in [0.1, 0.15) is 13.8 Å². The van der Waals surface area contributed by atoms with E-state index in [-0.39, 0.29) is 5.88 Å². The maximum atomic E-state index is 12.4. The minimum absolute atomic E-state index is 0.0521. The molecular weight excluding hydrogens is 131 g/mol. The Morgan fingerprint density at radius 3 is 2.12 bits per heavy atom. The van der Waals surface area contributed by atoms with E-state index in [1.807, 2.05) is 0 Å². The summed E-state index contributed by atoms with van der Waals surface area (Å²) in [6, 6.07) is 0. The number of alkyl halides is 2. The second-order valence-corrected chi connectivity index (χ2v) is 2.54. The average Bonchev–Trinajstić information content (AvgIpc) is 1.62. The van der Waals surface area contributed by atoms with Crippen molar-refractivity contribution in [1.82, 2.24) is 0 Å². The first kappa shape index (κ1) is 8.18. The zero-order chi connectivity index (χ0) is 6.78. The van der Waals surface area contributed by atoms with Crippen LogP contribution < -0.4 is 0 Å². The Balaban J connectivity index is 3.62. The molecule has 0 saturated carbocycles. The predicted octanol–water partition coefficient (Wildman–Crippen LogP) is 1.33. The summed E-state index contributed by atoms with van der Waals surface area (Å²) < 4.78 is 12.4. The lowest BCUT2D eigenvalue weighted by molar-refractivity contribution is 0.0333. The van der Waals surface area contributed by atoms with Gasteiger partial charge in [0.05, 0.1) is 5.88 Å². The van der Waals surface area contributed by atoms with Crippen molar-refractivity contribution in [2.24, 2.45) is 0 Å². The van der Waals surface area contributed by atoms with Gasteiger partial charge in [0, 0.05) is 0 Å². The van der Waals surface area contributed by atoms with Crippen LogP contribution in [0.4, 0.5) is 4.39 Å². The summed E-state index contributed by atoms with van der Waals surface area (Å²) in [7, 11) is 0. The number of hydrogen-bond acceptors (Lipinski definition) is 1. The highest BCUT2D eigenvalue weighted by molar-refractivity contribution is 6.18. The zero-order valence-corrected chi connectivity index (χ0v) is 5.74. The highest BCUT2D eigenvalue weighted by atomic mass is 35.5. The van der Waals surface area contributed by atoms with Crippen LogP contribution in [0.2, 0.25) is 0 Å². The molecule has 0 aromatic rings. The van der Waals surface area contributed by atoms with Crippen molar-refractivity contribution in [2.75, 3.05) is 5.88 Å². The number of aliphatic hydroxyl groups is 1. The molecule has 3 heteroatoms. The molecule has 0 rings (SSSR count). The van der Waals surface area contributed by atoms with Crippen LogP contribution in [-0.2, 0) is 0 Å². The third kappa shape index (κ3) is 2.48. The number of halogens is 2. The molecular formula is C5H10ClFO. The molecule has 50 valence electrons. The number of hydrogen-bond donors (Lipinski definition) is 1. The average molecular weight is 141 g/mol. The van der Waals surface area contributed by atoms with Crippen molar-refractivity contribution in [3.63, 3.8) is 0 Å². The van der Waals surface area contributed by atoms with Crippen molar-refractivity contribution in [3.05, 3.63) is 0 Å². The minimum atomic E-state index is -1.57. The van der Waals surface area contributed by atoms with Gasteiger partial charge in [0.2, 0.25) is 0 Å². The van der Waals surface area contributed by atoms with Crippen LogP contribution in [0.25, 0.3) is 0 Å². The lowest BCUT2D eigenvalue weighted by Crippen LogP contribution is -2.32. The molecule has 1 nitrogen and oxygen atoms in total. The van der Waals surface area contributed by atoms with E-state index in [1.54, 1.807) is 0 Å². The van der Waals surface area contributed by atoms with Gasteiger partial charge in [-0.2, -0.15) is 0 Å². The fraction of sp³-hybridized carbons (Fsp3) is 1.00. The van der Waals surface area contributed by atoms with Crippen molar-refractivity contribution in [1.29, 1.82) is 0 Å². The SMILES string of the molecule is CC(C)(F)C(O)CCl. The Kier molecular flexibility index (Phi) is 2.71. The van der Waals surface area contributed by atoms with E-state index < -0.39 is 11.8 Å². The Bertz CT molecular complexity index is 69.3. The van der Waals surface area contributed by atoms with Crippen LogP contribution in [0, 0.1) is 0 Å². The van der Waals surface area contributed by atoms with Crippen molar-refractivity contribution < 1.29 is 9.50 Å². The molecule has 8 heavy (non-hydrogen) atoms. The van der Waals surface area contributed by atoms with Crippen LogP contribution in [0.5, 0.6) is 0 Å². The van der Waals surface area contributed by atoms with E-state index in [0.29, 0.717) is 0 Å². The molecule has 0 bridgehead atoms. The van der Waals surface area contributed by atoms with E-state index >= 15 is 0 Å². The van der Waals surface area contributed by atoms with Gasteiger partial charge in [-0.1, -0.05) is 0 Å². The molecule has 0 aromatic heterocycles. The molecule has 0 saturated heterocycles. The summed E-state index contributed by atoms with van der Waals surface area (Å²) in [5.41, 5.74) is -1.57. The monoisotopic (exact) mass is 140 g/mol. The molecule has 0 aliphatic heterocycles. The predicted molar refractivity (Wildman–Crippen MR) is 31.9 cm³/mol. The molecule has 0 aliphatic rings. The normalized spacial score (nSPS) is 16.1. The van der Waals surface area contributed by atoms with E-state index in [2.05, 4.69) is 0 Å². The second kappa shape index (κ2) is 2.65. The van der Waals surface area contributed by atoms with Gasteiger partial charge in [0.1, 0.15) is 11.8 Å². The van der Waals surface area contributed by atoms with Crippen LogP contribution >= 0.6 is 11.6 Å². The fourth-order valence-corrected chi connectivity index (χ4v) is 0.550. The highest BCUT2D eigenvalue weighted by Crippen LogP contribution is 2.14. The first-order valence-electron chi connectivity index (χ1n) is 2.41. The Morgan fingerprint density at radius 1 is 1.75 bits per heavy atom. The molecule has 0 aromatic carbocycles. The molecule has 0 heterocycles. The standard InChI is InChI=1S/C5H10ClFO/c1-5(2,7)4(8)3-6/h4,8H,3H2,1-2H3. The minimum Gasteiger partial charge on any atom is -0.389 e. The summed E-state index contributed by atoms with van der Waals surface area (Å²) >= 11 is 5.15. The van der Waals surface area contributed by atoms with Crippen molar-refractivity contribution in [3.8, 4) is 0 Å². The van der Waals surface area contributed by atoms with Crippen molar-refractivity contribution in [2.45, 2.75) is 25.6 Å². The summed E-state index contributed by atoms with van der Waals surface area (Å²) in [5.74, 6) is -0.0521. The molecule has 1 N–H and O–H groups in total. The maximum absolute atomic E-state index is 12.4. The second-order valence-electron chi connectivity index (χ2n) is 2.23. The quantitative estimate of drug-likeness (QED) is 0.574. The third-order valence-corrected chi connectivity index (χ3v) is 1.23. The van der Waals surface area contributed by atoms with E-state index in [1.165, 1.54) is 13.8 Å². The van der Waals surface area contributed by atoms with Gasteiger partial charge in [-0.05, 0) is 13.8 Å². The van der Waals surface area contributed by atoms with E-state index in [0.717, 1.165) is 0 Å². The van der Waals surface area contributed by atoms with Crippen LogP contribution in [0.3, 0.4) is 0 Å². The Hall–Kier alpha value is 0.180. The van der Waals surface area contributed by atoms with Crippen LogP contribution in [-0.4, -0.2) is 22.8 Å². The van der Waals surface area contributed by atoms with Gasteiger partial charge in [-0.25, -0.2) is 4.39 Å². The molecule has 1 unspecified atom stereocenters. The first-order chi connectivity index (χ1) is 3.48. The van der Waals surface area contributed by atoms with Gasteiger partial charge < -0.3 is 5.11 Å². The molecule has 1 atom stereocenters. The van der Waals surface area contributed by atoms with Gasteiger partial charge in [-0.15, -0.1) is 11.6 Å². The molecule has 0 radical (unpaired) electrons. The molecule has 0 aliphatic carbocycles. The fourth-order valence-electron chi connectivity index (χ4n) is 0.183. The van der Waals surface area contributed by atoms with Crippen molar-refractivity contribution >= 4 is 11.6 Å². The molecule has 0 amide bonds. The number of aliphatic hydroxyl groups excluding tert-OH is 1. The Morgan fingerprint density at radius 2 is 2.12 bits per heavy atom. The maximum Gasteiger partial charge on any atom is 0.132 e. The van der Waals surface area contributed by atoms with E-state index in [4.69, 9.17) is 16.7 Å². The zero-order valence-electron chi connectivity index (χ0n) is 4.99. The van der Waals surface area contributed by atoms with Gasteiger partial charge in [-0.3, -0.25) is 0 Å². The molecule has 0 spiro atoms. The van der Waals surface area contributed by atoms with Crippen LogP contribution in [0.15, 0.2) is 0 Å². The summed E-state index contributed by atoms with van der Waals surface area (Å²) in [5, 5.41) is 8.69. The smallest absolute Gasteiger partial charge is 0.132 e. The van der Waals surface area contributed by atoms with Gasteiger partial charge in [0.15, 0.2) is 0 Å². The highest BCUT2D eigenvalue weighted by Gasteiger charge is 2.25. The number of rotatable bonds is 2. The summed E-state index contributed by atoms with van der Waals surface area (Å²) in [6.45, 7) is 2.58. The third-order valence-electron chi connectivity index (χ3n) is 0.939. The Labute approximate surface area is 53.5 Å². The lowest BCUT2D eigenvalue weighted by Gasteiger charge is -2.18. The first-order valence-corrected chi connectivity index (χ1v) is 2.95. The lowest BCUT2D eigenvalue weighted by atomic mass is 10.1. The summed E-state index contributed by atoms with van der Waals surface area (Å²) in [6.07, 6.45) is -1.05. The molecule has 0 fully saturated rings. The largest absolute Gasteiger partial charge is 0.389 e. The summed E-state index contributed by atoms with van der Waals surface area (Å²) in [4.78, 5) is 0. The van der Waals surface area contributed by atoms with E-state index in [9.17, 15) is 4.39 Å². The topological polar surface area (TPSA) is 20.2 Å².